The van der Waals surface area contributed by atoms with Gasteiger partial charge in [-0.2, -0.15) is 4.31 Å². The van der Waals surface area contributed by atoms with Crippen molar-refractivity contribution in [3.8, 4) is 0 Å². The quantitative estimate of drug-likeness (QED) is 0.222. The van der Waals surface area contributed by atoms with Gasteiger partial charge in [0.15, 0.2) is 0 Å². The Balaban J connectivity index is 1.51. The van der Waals surface area contributed by atoms with Crippen molar-refractivity contribution >= 4 is 33.8 Å². The smallest absolute Gasteiger partial charge is 0.329 e. The summed E-state index contributed by atoms with van der Waals surface area (Å²) in [5, 5.41) is 18.0. The maximum atomic E-state index is 13.2. The molecule has 0 aromatic carbocycles. The van der Waals surface area contributed by atoms with E-state index >= 15 is 0 Å². The topological polar surface area (TPSA) is 165 Å². The van der Waals surface area contributed by atoms with Gasteiger partial charge in [-0.1, -0.05) is 59.8 Å². The number of sulfonamides is 1. The monoisotopic (exact) mass is 599 g/mol. The van der Waals surface area contributed by atoms with Crippen LogP contribution in [0.15, 0.2) is 0 Å². The van der Waals surface area contributed by atoms with Crippen molar-refractivity contribution in [3.05, 3.63) is 0 Å². The van der Waals surface area contributed by atoms with Gasteiger partial charge in [0.25, 0.3) is 0 Å². The minimum atomic E-state index is -3.33. The SMILES string of the molecule is CCCCCCCC1C[C@]1(NC(=O)[C@@H]1CCCN1C(=O)CNC(=O)NC(CN1CCCS1(=O)=O)C(C)(C)C)C(=O)O. The van der Waals surface area contributed by atoms with Gasteiger partial charge in [0, 0.05) is 25.7 Å². The predicted octanol–water partition coefficient (Wildman–Crippen LogP) is 2.05. The molecule has 234 valence electrons. The minimum absolute atomic E-state index is 0.0996. The fourth-order valence-electron chi connectivity index (χ4n) is 5.88. The first-order chi connectivity index (χ1) is 19.2. The molecule has 4 atom stereocenters. The van der Waals surface area contributed by atoms with E-state index in [-0.39, 0.29) is 24.8 Å². The molecule has 3 rings (SSSR count). The van der Waals surface area contributed by atoms with E-state index in [0.717, 1.165) is 38.5 Å². The second kappa shape index (κ2) is 13.7. The second-order valence-corrected chi connectivity index (χ2v) is 15.0. The zero-order chi connectivity index (χ0) is 30.4. The van der Waals surface area contributed by atoms with Gasteiger partial charge in [0.05, 0.1) is 12.3 Å². The molecule has 0 aromatic rings. The Morgan fingerprint density at radius 1 is 1.05 bits per heavy atom. The van der Waals surface area contributed by atoms with E-state index in [1.54, 1.807) is 0 Å². The van der Waals surface area contributed by atoms with Crippen molar-refractivity contribution < 1.29 is 32.7 Å². The van der Waals surface area contributed by atoms with Crippen LogP contribution in [0.5, 0.6) is 0 Å². The highest BCUT2D eigenvalue weighted by molar-refractivity contribution is 7.89. The molecule has 2 unspecified atom stereocenters. The van der Waals surface area contributed by atoms with Crippen molar-refractivity contribution in [1.29, 1.82) is 0 Å². The van der Waals surface area contributed by atoms with Crippen molar-refractivity contribution in [3.63, 3.8) is 0 Å². The van der Waals surface area contributed by atoms with Gasteiger partial charge in [0.1, 0.15) is 11.6 Å². The Kier molecular flexibility index (Phi) is 11.1. The molecular formula is C28H49N5O7S. The molecule has 0 radical (unpaired) electrons. The summed E-state index contributed by atoms with van der Waals surface area (Å²) < 4.78 is 25.9. The Morgan fingerprint density at radius 3 is 2.37 bits per heavy atom. The lowest BCUT2D eigenvalue weighted by atomic mass is 9.86. The first-order valence-electron chi connectivity index (χ1n) is 15.1. The second-order valence-electron chi connectivity index (χ2n) is 12.9. The van der Waals surface area contributed by atoms with E-state index in [1.165, 1.54) is 9.21 Å². The third kappa shape index (κ3) is 8.56. The molecule has 2 aliphatic heterocycles. The minimum Gasteiger partial charge on any atom is -0.479 e. The highest BCUT2D eigenvalue weighted by Gasteiger charge is 2.61. The maximum absolute atomic E-state index is 13.2. The molecule has 4 N–H and O–H groups in total. The van der Waals surface area contributed by atoms with E-state index in [2.05, 4.69) is 22.9 Å². The highest BCUT2D eigenvalue weighted by Crippen LogP contribution is 2.47. The molecule has 0 spiro atoms. The number of rotatable bonds is 14. The lowest BCUT2D eigenvalue weighted by Crippen LogP contribution is -2.56. The van der Waals surface area contributed by atoms with Crippen molar-refractivity contribution in [2.75, 3.05) is 31.9 Å². The number of nitrogens with zero attached hydrogens (tertiary/aromatic N) is 2. The third-order valence-corrected chi connectivity index (χ3v) is 10.6. The average Bonchev–Trinajstić information content (AvgIpc) is 3.19. The molecule has 2 heterocycles. The highest BCUT2D eigenvalue weighted by atomic mass is 32.2. The van der Waals surface area contributed by atoms with Crippen LogP contribution in [-0.4, -0.2) is 96.1 Å². The summed E-state index contributed by atoms with van der Waals surface area (Å²) in [6.45, 7) is 8.42. The summed E-state index contributed by atoms with van der Waals surface area (Å²) in [6, 6.07) is -1.86. The first-order valence-corrected chi connectivity index (χ1v) is 16.7. The number of aliphatic carboxylic acids is 1. The fourth-order valence-corrected chi connectivity index (χ4v) is 7.42. The van der Waals surface area contributed by atoms with E-state index in [9.17, 15) is 32.7 Å². The summed E-state index contributed by atoms with van der Waals surface area (Å²) in [4.78, 5) is 52.4. The van der Waals surface area contributed by atoms with Gasteiger partial charge in [-0.15, -0.1) is 0 Å². The molecule has 3 aliphatic rings. The number of carbonyl (C=O) groups excluding carboxylic acids is 3. The largest absolute Gasteiger partial charge is 0.479 e. The van der Waals surface area contributed by atoms with Crippen LogP contribution in [0.25, 0.3) is 0 Å². The fraction of sp³-hybridized carbons (Fsp3) is 0.857. The Morgan fingerprint density at radius 2 is 1.76 bits per heavy atom. The number of nitrogens with one attached hydrogen (secondary N) is 3. The number of carboxylic acids is 1. The molecule has 4 amide bonds. The third-order valence-electron chi connectivity index (χ3n) is 8.71. The van der Waals surface area contributed by atoms with Crippen LogP contribution in [0.1, 0.15) is 91.9 Å². The summed E-state index contributed by atoms with van der Waals surface area (Å²) in [5.41, 5.74) is -1.70. The maximum Gasteiger partial charge on any atom is 0.329 e. The summed E-state index contributed by atoms with van der Waals surface area (Å²) >= 11 is 0. The molecular weight excluding hydrogens is 550 g/mol. The van der Waals surface area contributed by atoms with Gasteiger partial charge >= 0.3 is 12.0 Å². The van der Waals surface area contributed by atoms with Crippen molar-refractivity contribution in [1.82, 2.24) is 25.2 Å². The lowest BCUT2D eigenvalue weighted by molar-refractivity contribution is -0.145. The average molecular weight is 600 g/mol. The normalized spacial score (nSPS) is 26.4. The number of hydrogen-bond donors (Lipinski definition) is 4. The van der Waals surface area contributed by atoms with Crippen LogP contribution in [0.3, 0.4) is 0 Å². The molecule has 0 bridgehead atoms. The lowest BCUT2D eigenvalue weighted by Gasteiger charge is -2.34. The Bertz CT molecular complexity index is 1080. The van der Waals surface area contributed by atoms with Gasteiger partial charge in [0.2, 0.25) is 21.8 Å². The van der Waals surface area contributed by atoms with Crippen LogP contribution < -0.4 is 16.0 Å². The standard InChI is InChI=1S/C28H49N5O7S/c1-5-6-7-8-9-12-20-17-28(20,25(36)37)31-24(35)21-13-10-15-33(21)23(34)18-29-26(38)30-22(27(2,3)4)19-32-14-11-16-41(32,39)40/h20-22H,5-19H2,1-4H3,(H,31,35)(H,36,37)(H2,29,30,38)/t20?,21-,22?,28+/m0/s1. The number of unbranched alkanes of at least 4 members (excludes halogenated alkanes) is 4. The molecule has 41 heavy (non-hydrogen) atoms. The number of likely N-dealkylation sites (tertiary alicyclic amines) is 1. The zero-order valence-corrected chi connectivity index (χ0v) is 25.9. The van der Waals surface area contributed by atoms with Crippen LogP contribution >= 0.6 is 0 Å². The number of amides is 4. The van der Waals surface area contributed by atoms with Gasteiger partial charge < -0.3 is 26.0 Å². The molecule has 0 aromatic heterocycles. The van der Waals surface area contributed by atoms with Gasteiger partial charge in [-0.3, -0.25) is 9.59 Å². The van der Waals surface area contributed by atoms with Crippen LogP contribution in [-0.2, 0) is 24.4 Å². The van der Waals surface area contributed by atoms with Crippen LogP contribution in [0.4, 0.5) is 4.79 Å². The van der Waals surface area contributed by atoms with E-state index < -0.39 is 56.9 Å². The molecule has 3 fully saturated rings. The molecule has 12 nitrogen and oxygen atoms in total. The Labute approximate surface area is 244 Å². The summed E-state index contributed by atoms with van der Waals surface area (Å²) in [6.07, 6.45) is 8.14. The summed E-state index contributed by atoms with van der Waals surface area (Å²) in [5.74, 6) is -1.93. The predicted molar refractivity (Wildman–Crippen MR) is 154 cm³/mol. The Hall–Kier alpha value is -2.41. The molecule has 1 aliphatic carbocycles. The van der Waals surface area contributed by atoms with Gasteiger partial charge in [-0.05, 0) is 43.4 Å². The van der Waals surface area contributed by atoms with Crippen molar-refractivity contribution in [2.45, 2.75) is 110 Å². The first kappa shape index (κ1) is 33.1. The molecule has 13 heteroatoms. The molecule has 1 saturated carbocycles. The van der Waals surface area contributed by atoms with Crippen LogP contribution in [0, 0.1) is 11.3 Å². The van der Waals surface area contributed by atoms with E-state index in [1.807, 2.05) is 20.8 Å². The number of urea groups is 1. The summed E-state index contributed by atoms with van der Waals surface area (Å²) in [7, 11) is -3.33. The van der Waals surface area contributed by atoms with Gasteiger partial charge in [-0.25, -0.2) is 18.0 Å². The zero-order valence-electron chi connectivity index (χ0n) is 25.0. The van der Waals surface area contributed by atoms with E-state index in [4.69, 9.17) is 0 Å². The van der Waals surface area contributed by atoms with E-state index in [0.29, 0.717) is 38.8 Å². The number of carboxylic acid groups (broad SMARTS) is 1. The molecule has 2 saturated heterocycles. The van der Waals surface area contributed by atoms with Crippen LogP contribution in [0.2, 0.25) is 0 Å². The van der Waals surface area contributed by atoms with Crippen molar-refractivity contribution in [2.24, 2.45) is 11.3 Å². The number of hydrogen-bond acceptors (Lipinski definition) is 6. The number of carbonyl (C=O) groups is 4.